The molecule has 0 atom stereocenters. The minimum Gasteiger partial charge on any atom is -0.435 e. The second-order valence-corrected chi connectivity index (χ2v) is 7.75. The standard InChI is InChI=1S/C25H22N4O3/c30-22(18-7-2-1-3-8-18)17-28-13-15-29(16-14-28)25(31)21-11-6-10-20(26-21)24-27-19-9-4-5-12-23(19)32-24/h1-12H,13-17H2. The van der Waals surface area contributed by atoms with Gasteiger partial charge in [-0.2, -0.15) is 0 Å². The summed E-state index contributed by atoms with van der Waals surface area (Å²) in [6.45, 7) is 2.76. The molecule has 1 saturated heterocycles. The minimum absolute atomic E-state index is 0.0954. The van der Waals surface area contributed by atoms with Crippen LogP contribution in [0.5, 0.6) is 0 Å². The van der Waals surface area contributed by atoms with E-state index < -0.39 is 0 Å². The SMILES string of the molecule is O=C(CN1CCN(C(=O)c2cccc(-c3nc4ccccc4o3)n2)CC1)c1ccccc1. The van der Waals surface area contributed by atoms with E-state index >= 15 is 0 Å². The van der Waals surface area contributed by atoms with Gasteiger partial charge in [0.1, 0.15) is 16.9 Å². The summed E-state index contributed by atoms with van der Waals surface area (Å²) in [5.41, 5.74) is 3.04. The molecule has 1 fully saturated rings. The molecule has 7 heteroatoms. The van der Waals surface area contributed by atoms with Gasteiger partial charge in [-0.15, -0.1) is 0 Å². The first kappa shape index (κ1) is 20.1. The maximum Gasteiger partial charge on any atom is 0.272 e. The number of rotatable bonds is 5. The third kappa shape index (κ3) is 4.15. The fraction of sp³-hybridized carbons (Fsp3) is 0.200. The van der Waals surface area contributed by atoms with Crippen molar-refractivity contribution in [2.75, 3.05) is 32.7 Å². The lowest BCUT2D eigenvalue weighted by molar-refractivity contribution is 0.0619. The Hall–Kier alpha value is -3.84. The molecule has 0 aliphatic carbocycles. The molecule has 32 heavy (non-hydrogen) atoms. The number of carbonyl (C=O) groups excluding carboxylic acids is 2. The predicted octanol–water partition coefficient (Wildman–Crippen LogP) is 3.53. The van der Waals surface area contributed by atoms with Crippen molar-refractivity contribution in [3.05, 3.63) is 84.1 Å². The number of para-hydroxylation sites is 2. The van der Waals surface area contributed by atoms with E-state index in [1.54, 1.807) is 23.1 Å². The molecule has 3 heterocycles. The van der Waals surface area contributed by atoms with Crippen molar-refractivity contribution in [1.82, 2.24) is 19.8 Å². The molecule has 7 nitrogen and oxygen atoms in total. The molecule has 4 aromatic rings. The molecule has 0 radical (unpaired) electrons. The van der Waals surface area contributed by atoms with E-state index in [-0.39, 0.29) is 11.7 Å². The molecule has 0 saturated carbocycles. The Kier molecular flexibility index (Phi) is 5.47. The number of piperazine rings is 1. The van der Waals surface area contributed by atoms with Crippen LogP contribution in [0.1, 0.15) is 20.8 Å². The van der Waals surface area contributed by atoms with Crippen molar-refractivity contribution in [1.29, 1.82) is 0 Å². The minimum atomic E-state index is -0.128. The summed E-state index contributed by atoms with van der Waals surface area (Å²) in [4.78, 5) is 38.3. The number of hydrogen-bond donors (Lipinski definition) is 0. The molecule has 2 aromatic carbocycles. The van der Waals surface area contributed by atoms with Crippen LogP contribution in [0.15, 0.2) is 77.2 Å². The Morgan fingerprint density at radius 2 is 1.56 bits per heavy atom. The number of fused-ring (bicyclic) bond motifs is 1. The van der Waals surface area contributed by atoms with Gasteiger partial charge in [0.25, 0.3) is 5.91 Å². The van der Waals surface area contributed by atoms with Gasteiger partial charge in [-0.3, -0.25) is 14.5 Å². The average Bonchev–Trinajstić information content (AvgIpc) is 3.29. The fourth-order valence-electron chi connectivity index (χ4n) is 3.84. The maximum atomic E-state index is 13.0. The molecule has 5 rings (SSSR count). The molecule has 1 aliphatic rings. The van der Waals surface area contributed by atoms with E-state index in [0.29, 0.717) is 61.1 Å². The van der Waals surface area contributed by atoms with Crippen LogP contribution in [0.25, 0.3) is 22.7 Å². The number of carbonyl (C=O) groups is 2. The number of benzene rings is 2. The molecule has 2 aromatic heterocycles. The first-order chi connectivity index (χ1) is 15.7. The number of hydrogen-bond acceptors (Lipinski definition) is 6. The van der Waals surface area contributed by atoms with Crippen LogP contribution in [-0.4, -0.2) is 64.2 Å². The summed E-state index contributed by atoms with van der Waals surface area (Å²) in [6.07, 6.45) is 0. The summed E-state index contributed by atoms with van der Waals surface area (Å²) in [5, 5.41) is 0. The van der Waals surface area contributed by atoms with E-state index in [9.17, 15) is 9.59 Å². The molecule has 160 valence electrons. The molecule has 1 aliphatic heterocycles. The molecule has 1 amide bonds. The van der Waals surface area contributed by atoms with Crippen LogP contribution in [0.4, 0.5) is 0 Å². The number of pyridine rings is 1. The number of ketones is 1. The Morgan fingerprint density at radius 1 is 0.812 bits per heavy atom. The summed E-state index contributed by atoms with van der Waals surface area (Å²) >= 11 is 0. The lowest BCUT2D eigenvalue weighted by Gasteiger charge is -2.34. The molecular formula is C25H22N4O3. The Balaban J connectivity index is 1.24. The normalized spacial score (nSPS) is 14.6. The van der Waals surface area contributed by atoms with Gasteiger partial charge < -0.3 is 9.32 Å². The largest absolute Gasteiger partial charge is 0.435 e. The Bertz CT molecular complexity index is 1230. The Labute approximate surface area is 185 Å². The van der Waals surface area contributed by atoms with Crippen molar-refractivity contribution >= 4 is 22.8 Å². The van der Waals surface area contributed by atoms with Crippen LogP contribution >= 0.6 is 0 Å². The summed E-state index contributed by atoms with van der Waals surface area (Å²) < 4.78 is 5.78. The van der Waals surface area contributed by atoms with Crippen molar-refractivity contribution < 1.29 is 14.0 Å². The zero-order valence-electron chi connectivity index (χ0n) is 17.5. The van der Waals surface area contributed by atoms with Gasteiger partial charge in [-0.25, -0.2) is 9.97 Å². The number of Topliss-reactive ketones (excluding diaryl/α,β-unsaturated/α-hetero) is 1. The highest BCUT2D eigenvalue weighted by atomic mass is 16.3. The third-order valence-corrected chi connectivity index (χ3v) is 5.60. The monoisotopic (exact) mass is 426 g/mol. The van der Waals surface area contributed by atoms with E-state index in [1.165, 1.54) is 0 Å². The van der Waals surface area contributed by atoms with E-state index in [4.69, 9.17) is 4.42 Å². The topological polar surface area (TPSA) is 79.5 Å². The van der Waals surface area contributed by atoms with E-state index in [1.807, 2.05) is 54.6 Å². The van der Waals surface area contributed by atoms with Crippen LogP contribution in [0, 0.1) is 0 Å². The zero-order chi connectivity index (χ0) is 21.9. The molecule has 0 N–H and O–H groups in total. The summed E-state index contributed by atoms with van der Waals surface area (Å²) in [7, 11) is 0. The average molecular weight is 426 g/mol. The molecule has 0 bridgehead atoms. The highest BCUT2D eigenvalue weighted by Gasteiger charge is 2.25. The van der Waals surface area contributed by atoms with Gasteiger partial charge >= 0.3 is 0 Å². The van der Waals surface area contributed by atoms with Gasteiger partial charge in [0, 0.05) is 31.7 Å². The van der Waals surface area contributed by atoms with Crippen LogP contribution < -0.4 is 0 Å². The smallest absolute Gasteiger partial charge is 0.272 e. The van der Waals surface area contributed by atoms with Gasteiger partial charge in [-0.05, 0) is 24.3 Å². The van der Waals surface area contributed by atoms with Gasteiger partial charge in [0.05, 0.1) is 6.54 Å². The lowest BCUT2D eigenvalue weighted by atomic mass is 10.1. The van der Waals surface area contributed by atoms with Gasteiger partial charge in [0.2, 0.25) is 5.89 Å². The second-order valence-electron chi connectivity index (χ2n) is 7.75. The van der Waals surface area contributed by atoms with Crippen molar-refractivity contribution in [3.8, 4) is 11.6 Å². The third-order valence-electron chi connectivity index (χ3n) is 5.60. The zero-order valence-corrected chi connectivity index (χ0v) is 17.5. The van der Waals surface area contributed by atoms with Crippen molar-refractivity contribution in [3.63, 3.8) is 0 Å². The molecule has 0 unspecified atom stereocenters. The number of oxazole rings is 1. The fourth-order valence-corrected chi connectivity index (χ4v) is 3.84. The van der Waals surface area contributed by atoms with Gasteiger partial charge in [0.15, 0.2) is 11.4 Å². The summed E-state index contributed by atoms with van der Waals surface area (Å²) in [5.74, 6) is 0.361. The Morgan fingerprint density at radius 3 is 2.34 bits per heavy atom. The van der Waals surface area contributed by atoms with E-state index in [2.05, 4.69) is 14.9 Å². The second kappa shape index (κ2) is 8.72. The van der Waals surface area contributed by atoms with Crippen LogP contribution in [0.3, 0.4) is 0 Å². The highest BCUT2D eigenvalue weighted by molar-refractivity contribution is 5.97. The number of aromatic nitrogens is 2. The van der Waals surface area contributed by atoms with E-state index in [0.717, 1.165) is 5.52 Å². The highest BCUT2D eigenvalue weighted by Crippen LogP contribution is 2.23. The van der Waals surface area contributed by atoms with Gasteiger partial charge in [-0.1, -0.05) is 48.5 Å². The first-order valence-electron chi connectivity index (χ1n) is 10.6. The first-order valence-corrected chi connectivity index (χ1v) is 10.6. The quantitative estimate of drug-likeness (QED) is 0.454. The lowest BCUT2D eigenvalue weighted by Crippen LogP contribution is -2.50. The number of nitrogens with zero attached hydrogens (tertiary/aromatic N) is 4. The maximum absolute atomic E-state index is 13.0. The summed E-state index contributed by atoms with van der Waals surface area (Å²) in [6, 6.07) is 22.1. The van der Waals surface area contributed by atoms with Crippen LogP contribution in [0.2, 0.25) is 0 Å². The van der Waals surface area contributed by atoms with Crippen molar-refractivity contribution in [2.45, 2.75) is 0 Å². The molecule has 0 spiro atoms. The van der Waals surface area contributed by atoms with Crippen LogP contribution in [-0.2, 0) is 0 Å². The van der Waals surface area contributed by atoms with Crippen molar-refractivity contribution in [2.24, 2.45) is 0 Å². The number of amides is 1. The predicted molar refractivity (Wildman–Crippen MR) is 120 cm³/mol. The molecular weight excluding hydrogens is 404 g/mol.